The van der Waals surface area contributed by atoms with Crippen molar-refractivity contribution in [2.45, 2.75) is 39.3 Å². The van der Waals surface area contributed by atoms with E-state index in [0.29, 0.717) is 6.54 Å². The lowest BCUT2D eigenvalue weighted by Crippen LogP contribution is -2.36. The molecule has 0 spiro atoms. The second-order valence-electron chi connectivity index (χ2n) is 8.64. The van der Waals surface area contributed by atoms with Crippen molar-refractivity contribution in [3.8, 4) is 16.9 Å². The highest BCUT2D eigenvalue weighted by molar-refractivity contribution is 5.63. The van der Waals surface area contributed by atoms with Gasteiger partial charge in [-0.25, -0.2) is 9.67 Å². The first kappa shape index (κ1) is 20.4. The Balaban J connectivity index is 1.47. The number of fused-ring (bicyclic) bond motifs is 1. The maximum absolute atomic E-state index is 12.7. The Hall–Kier alpha value is -3.51. The van der Waals surface area contributed by atoms with Gasteiger partial charge in [0.05, 0.1) is 22.6 Å². The van der Waals surface area contributed by atoms with Crippen molar-refractivity contribution in [3.63, 3.8) is 0 Å². The zero-order chi connectivity index (χ0) is 22.1. The third-order valence-corrected chi connectivity index (χ3v) is 5.96. The lowest BCUT2D eigenvalue weighted by atomic mass is 10.0. The van der Waals surface area contributed by atoms with Gasteiger partial charge in [-0.05, 0) is 12.1 Å². The predicted octanol–water partition coefficient (Wildman–Crippen LogP) is 4.30. The molecule has 4 aromatic rings. The lowest BCUT2D eigenvalue weighted by Gasteiger charge is -2.27. The first-order chi connectivity index (χ1) is 15.6. The largest absolute Gasteiger partial charge is 0.310 e. The average molecular weight is 426 g/mol. The Morgan fingerprint density at radius 1 is 1.03 bits per heavy atom. The summed E-state index contributed by atoms with van der Waals surface area (Å²) in [7, 11) is 0. The summed E-state index contributed by atoms with van der Waals surface area (Å²) in [4.78, 5) is 22.7. The van der Waals surface area contributed by atoms with Crippen LogP contribution in [0.4, 0.5) is 0 Å². The van der Waals surface area contributed by atoms with E-state index in [4.69, 9.17) is 10.1 Å². The maximum atomic E-state index is 12.7. The number of nitrogens with zero attached hydrogens (tertiary/aromatic N) is 4. The highest BCUT2D eigenvalue weighted by Gasteiger charge is 2.23. The number of benzene rings is 2. The monoisotopic (exact) mass is 425 g/mol. The van der Waals surface area contributed by atoms with Gasteiger partial charge in [0.1, 0.15) is 5.82 Å². The van der Waals surface area contributed by atoms with Crippen molar-refractivity contribution in [2.24, 2.45) is 0 Å². The molecule has 0 amide bonds. The maximum Gasteiger partial charge on any atom is 0.255 e. The predicted molar refractivity (Wildman–Crippen MR) is 126 cm³/mol. The molecule has 6 nitrogen and oxygen atoms in total. The SMILES string of the molecule is CC(C)c1nc2c(c(=O)[nH]1)CN(Cc1cn(-c3ccccc3)nc1-c1ccccc1)CC2. The summed E-state index contributed by atoms with van der Waals surface area (Å²) in [5, 5.41) is 4.92. The third kappa shape index (κ3) is 4.01. The van der Waals surface area contributed by atoms with Gasteiger partial charge in [-0.1, -0.05) is 62.4 Å². The Morgan fingerprint density at radius 2 is 1.75 bits per heavy atom. The molecule has 2 aromatic heterocycles. The van der Waals surface area contributed by atoms with Crippen LogP contribution in [0.2, 0.25) is 0 Å². The Morgan fingerprint density at radius 3 is 2.47 bits per heavy atom. The van der Waals surface area contributed by atoms with Gasteiger partial charge in [-0.15, -0.1) is 0 Å². The summed E-state index contributed by atoms with van der Waals surface area (Å²) in [6.45, 7) is 6.29. The van der Waals surface area contributed by atoms with Crippen LogP contribution in [0.1, 0.15) is 42.4 Å². The van der Waals surface area contributed by atoms with E-state index in [1.165, 1.54) is 0 Å². The normalized spacial score (nSPS) is 14.0. The molecule has 0 atom stereocenters. The molecule has 0 saturated heterocycles. The number of nitrogens with one attached hydrogen (secondary N) is 1. The topological polar surface area (TPSA) is 66.8 Å². The minimum Gasteiger partial charge on any atom is -0.310 e. The molecule has 0 unspecified atom stereocenters. The molecule has 0 radical (unpaired) electrons. The number of aromatic nitrogens is 4. The molecule has 1 aliphatic rings. The molecule has 0 saturated carbocycles. The molecule has 5 rings (SSSR count). The number of aromatic amines is 1. The molecular formula is C26H27N5O. The second-order valence-corrected chi connectivity index (χ2v) is 8.64. The van der Waals surface area contributed by atoms with Crippen LogP contribution in [-0.4, -0.2) is 31.2 Å². The van der Waals surface area contributed by atoms with E-state index < -0.39 is 0 Å². The summed E-state index contributed by atoms with van der Waals surface area (Å²) in [5.41, 5.74) is 5.97. The highest BCUT2D eigenvalue weighted by Crippen LogP contribution is 2.26. The van der Waals surface area contributed by atoms with Gasteiger partial charge >= 0.3 is 0 Å². The van der Waals surface area contributed by atoms with Crippen LogP contribution in [0.15, 0.2) is 71.7 Å². The highest BCUT2D eigenvalue weighted by atomic mass is 16.1. The second kappa shape index (κ2) is 8.55. The van der Waals surface area contributed by atoms with Crippen molar-refractivity contribution in [3.05, 3.63) is 99.9 Å². The first-order valence-corrected chi connectivity index (χ1v) is 11.1. The minimum absolute atomic E-state index is 0.00772. The molecule has 6 heteroatoms. The molecule has 162 valence electrons. The van der Waals surface area contributed by atoms with Crippen molar-refractivity contribution in [1.29, 1.82) is 0 Å². The number of H-pyrrole nitrogens is 1. The molecule has 2 aromatic carbocycles. The van der Waals surface area contributed by atoms with E-state index in [2.05, 4.69) is 54.2 Å². The molecule has 0 fully saturated rings. The van der Waals surface area contributed by atoms with E-state index in [1.807, 2.05) is 41.1 Å². The molecule has 32 heavy (non-hydrogen) atoms. The molecular weight excluding hydrogens is 398 g/mol. The van der Waals surface area contributed by atoms with Crippen molar-refractivity contribution in [1.82, 2.24) is 24.6 Å². The quantitative estimate of drug-likeness (QED) is 0.518. The van der Waals surface area contributed by atoms with Crippen molar-refractivity contribution in [2.75, 3.05) is 6.54 Å². The standard InChI is InChI=1S/C26H27N5O/c1-18(2)25-27-23-13-14-30(17-22(23)26(32)28-25)15-20-16-31(21-11-7-4-8-12-21)29-24(20)19-9-5-3-6-10-19/h3-12,16,18H,13-15,17H2,1-2H3,(H,27,28,32). The first-order valence-electron chi connectivity index (χ1n) is 11.1. The summed E-state index contributed by atoms with van der Waals surface area (Å²) in [5.74, 6) is 0.987. The van der Waals surface area contributed by atoms with Crippen LogP contribution < -0.4 is 5.56 Å². The van der Waals surface area contributed by atoms with Crippen molar-refractivity contribution >= 4 is 0 Å². The third-order valence-electron chi connectivity index (χ3n) is 5.96. The van der Waals surface area contributed by atoms with Crippen LogP contribution in [0.3, 0.4) is 0 Å². The van der Waals surface area contributed by atoms with Crippen LogP contribution in [-0.2, 0) is 19.5 Å². The van der Waals surface area contributed by atoms with Gasteiger partial charge in [-0.3, -0.25) is 9.69 Å². The lowest BCUT2D eigenvalue weighted by molar-refractivity contribution is 0.241. The molecule has 3 heterocycles. The van der Waals surface area contributed by atoms with Gasteiger partial charge in [0.15, 0.2) is 0 Å². The summed E-state index contributed by atoms with van der Waals surface area (Å²) >= 11 is 0. The fourth-order valence-electron chi connectivity index (χ4n) is 4.23. The smallest absolute Gasteiger partial charge is 0.255 e. The van der Waals surface area contributed by atoms with E-state index in [9.17, 15) is 4.79 Å². The molecule has 0 aliphatic carbocycles. The van der Waals surface area contributed by atoms with Gasteiger partial charge in [0.2, 0.25) is 0 Å². The van der Waals surface area contributed by atoms with Crippen molar-refractivity contribution < 1.29 is 0 Å². The number of hydrogen-bond acceptors (Lipinski definition) is 4. The van der Waals surface area contributed by atoms with Gasteiger partial charge < -0.3 is 4.98 Å². The zero-order valence-corrected chi connectivity index (χ0v) is 18.5. The Bertz CT molecular complexity index is 1270. The molecule has 1 N–H and O–H groups in total. The summed E-state index contributed by atoms with van der Waals surface area (Å²) in [6.07, 6.45) is 2.89. The van der Waals surface area contributed by atoms with Gasteiger partial charge in [0.25, 0.3) is 5.56 Å². The number of hydrogen-bond donors (Lipinski definition) is 1. The number of para-hydroxylation sites is 1. The summed E-state index contributed by atoms with van der Waals surface area (Å²) < 4.78 is 1.94. The minimum atomic E-state index is -0.00772. The molecule has 1 aliphatic heterocycles. The van der Waals surface area contributed by atoms with Crippen LogP contribution >= 0.6 is 0 Å². The fraction of sp³-hybridized carbons (Fsp3) is 0.269. The Kier molecular flexibility index (Phi) is 5.45. The molecule has 0 bridgehead atoms. The van der Waals surface area contributed by atoms with E-state index in [0.717, 1.165) is 59.1 Å². The van der Waals surface area contributed by atoms with Gasteiger partial charge in [0, 0.05) is 49.3 Å². The van der Waals surface area contributed by atoms with Gasteiger partial charge in [-0.2, -0.15) is 5.10 Å². The fourth-order valence-corrected chi connectivity index (χ4v) is 4.23. The van der Waals surface area contributed by atoms with Crippen LogP contribution in [0, 0.1) is 0 Å². The van der Waals surface area contributed by atoms with E-state index in [-0.39, 0.29) is 11.5 Å². The van der Waals surface area contributed by atoms with Crippen LogP contribution in [0.5, 0.6) is 0 Å². The number of rotatable bonds is 5. The van der Waals surface area contributed by atoms with E-state index >= 15 is 0 Å². The van der Waals surface area contributed by atoms with E-state index in [1.54, 1.807) is 0 Å². The summed E-state index contributed by atoms with van der Waals surface area (Å²) in [6, 6.07) is 20.4. The average Bonchev–Trinajstić information content (AvgIpc) is 3.24. The van der Waals surface area contributed by atoms with Crippen LogP contribution in [0.25, 0.3) is 16.9 Å². The Labute approximate surface area is 187 Å². The zero-order valence-electron chi connectivity index (χ0n) is 18.5.